The Morgan fingerprint density at radius 1 is 1.17 bits per heavy atom. The van der Waals surface area contributed by atoms with Crippen LogP contribution in [-0.2, 0) is 16.0 Å². The summed E-state index contributed by atoms with van der Waals surface area (Å²) in [6.45, 7) is 3.02. The van der Waals surface area contributed by atoms with Crippen LogP contribution in [0.3, 0.4) is 0 Å². The Morgan fingerprint density at radius 3 is 2.69 bits per heavy atom. The van der Waals surface area contributed by atoms with Gasteiger partial charge in [0.2, 0.25) is 5.91 Å². The molecule has 7 nitrogen and oxygen atoms in total. The second-order valence-corrected chi connectivity index (χ2v) is 9.60. The number of thiophene rings is 1. The maximum atomic E-state index is 14.1. The molecule has 0 radical (unpaired) electrons. The number of nitrogens with zero attached hydrogens (tertiary/aromatic N) is 2. The lowest BCUT2D eigenvalue weighted by molar-refractivity contribution is -0.135. The van der Waals surface area contributed by atoms with E-state index < -0.39 is 5.82 Å². The van der Waals surface area contributed by atoms with Crippen LogP contribution >= 0.6 is 11.3 Å². The second-order valence-electron chi connectivity index (χ2n) is 8.60. The largest absolute Gasteiger partial charge is 0.488 e. The number of hydrogen-bond acceptors (Lipinski definition) is 5. The third-order valence-corrected chi connectivity index (χ3v) is 7.13. The molecule has 0 saturated carbocycles. The zero-order chi connectivity index (χ0) is 25.5. The molecule has 3 amide bonds. The number of carbonyl (C=O) groups excluding carboxylic acids is 2. The van der Waals surface area contributed by atoms with Crippen LogP contribution in [0, 0.1) is 12.7 Å². The van der Waals surface area contributed by atoms with Gasteiger partial charge in [-0.15, -0.1) is 11.3 Å². The van der Waals surface area contributed by atoms with Gasteiger partial charge in [0.15, 0.2) is 11.6 Å². The number of fused-ring (bicyclic) bond motifs is 1. The number of halogens is 1. The quantitative estimate of drug-likeness (QED) is 0.445. The average molecular weight is 512 g/mol. The van der Waals surface area contributed by atoms with Crippen LogP contribution in [0.4, 0.5) is 14.9 Å². The zero-order valence-electron chi connectivity index (χ0n) is 20.4. The summed E-state index contributed by atoms with van der Waals surface area (Å²) in [6, 6.07) is 14.9. The van der Waals surface area contributed by atoms with E-state index in [1.165, 1.54) is 15.8 Å². The molecule has 0 saturated heterocycles. The van der Waals surface area contributed by atoms with Gasteiger partial charge < -0.3 is 24.6 Å². The Kier molecular flexibility index (Phi) is 8.56. The van der Waals surface area contributed by atoms with Crippen molar-refractivity contribution in [1.82, 2.24) is 9.80 Å². The Morgan fingerprint density at radius 2 is 1.94 bits per heavy atom. The lowest BCUT2D eigenvalue weighted by Crippen LogP contribution is -2.49. The molecular weight excluding hydrogens is 481 g/mol. The fraction of sp³-hybridized carbons (Fsp3) is 0.333. The van der Waals surface area contributed by atoms with Crippen LogP contribution < -0.4 is 10.1 Å². The van der Waals surface area contributed by atoms with E-state index in [1.807, 2.05) is 42.6 Å². The molecule has 1 aliphatic heterocycles. The van der Waals surface area contributed by atoms with Gasteiger partial charge in [0, 0.05) is 30.8 Å². The van der Waals surface area contributed by atoms with Gasteiger partial charge in [0.25, 0.3) is 0 Å². The normalized spacial score (nSPS) is 14.8. The van der Waals surface area contributed by atoms with Crippen LogP contribution in [0.2, 0.25) is 0 Å². The van der Waals surface area contributed by atoms with Crippen LogP contribution in [0.15, 0.2) is 60.0 Å². The molecule has 4 rings (SSSR count). The average Bonchev–Trinajstić information content (AvgIpc) is 3.36. The number of nitrogens with one attached hydrogen (secondary N) is 1. The van der Waals surface area contributed by atoms with E-state index in [-0.39, 0.29) is 43.4 Å². The molecule has 3 aromatic rings. The fourth-order valence-electron chi connectivity index (χ4n) is 4.15. The van der Waals surface area contributed by atoms with Crippen molar-refractivity contribution < 1.29 is 23.5 Å². The first kappa shape index (κ1) is 25.7. The lowest BCUT2D eigenvalue weighted by Gasteiger charge is -2.37. The van der Waals surface area contributed by atoms with Crippen molar-refractivity contribution in [2.45, 2.75) is 19.4 Å². The molecule has 0 bridgehead atoms. The molecule has 2 heterocycles. The van der Waals surface area contributed by atoms with Crippen molar-refractivity contribution in [3.05, 3.63) is 81.8 Å². The molecule has 0 aliphatic carbocycles. The SMILES string of the molecule is COCCN(CC(=O)N1CCc2sccc2[C@@H]1COc1ccccc1F)C(=O)Nc1ccc(C)cc1. The highest BCUT2D eigenvalue weighted by Gasteiger charge is 2.33. The molecule has 1 atom stereocenters. The summed E-state index contributed by atoms with van der Waals surface area (Å²) in [6.07, 6.45) is 0.725. The third-order valence-electron chi connectivity index (χ3n) is 6.13. The first-order valence-electron chi connectivity index (χ1n) is 11.8. The summed E-state index contributed by atoms with van der Waals surface area (Å²) in [7, 11) is 1.55. The van der Waals surface area contributed by atoms with E-state index in [2.05, 4.69) is 5.32 Å². The molecule has 1 N–H and O–H groups in total. The van der Waals surface area contributed by atoms with Gasteiger partial charge >= 0.3 is 6.03 Å². The number of para-hydroxylation sites is 1. The molecule has 0 fully saturated rings. The number of benzene rings is 2. The van der Waals surface area contributed by atoms with Gasteiger partial charge in [-0.2, -0.15) is 0 Å². The Hall–Kier alpha value is -3.43. The molecule has 190 valence electrons. The first-order chi connectivity index (χ1) is 17.5. The number of rotatable bonds is 9. The highest BCUT2D eigenvalue weighted by molar-refractivity contribution is 7.10. The molecule has 9 heteroatoms. The van der Waals surface area contributed by atoms with Gasteiger partial charge in [-0.3, -0.25) is 4.79 Å². The van der Waals surface area contributed by atoms with Gasteiger partial charge in [0.1, 0.15) is 13.2 Å². The minimum Gasteiger partial charge on any atom is -0.488 e. The molecular formula is C27H30FN3O4S. The van der Waals surface area contributed by atoms with Crippen LogP contribution in [0.1, 0.15) is 22.0 Å². The van der Waals surface area contributed by atoms with Crippen molar-refractivity contribution >= 4 is 29.0 Å². The number of hydrogen-bond donors (Lipinski definition) is 1. The van der Waals surface area contributed by atoms with E-state index in [1.54, 1.807) is 41.5 Å². The highest BCUT2D eigenvalue weighted by atomic mass is 32.1. The molecule has 0 spiro atoms. The van der Waals surface area contributed by atoms with E-state index in [4.69, 9.17) is 9.47 Å². The summed E-state index contributed by atoms with van der Waals surface area (Å²) in [5, 5.41) is 4.85. The topological polar surface area (TPSA) is 71.1 Å². The standard InChI is InChI=1S/C27H30FN3O4S/c1-19-7-9-20(10-8-19)29-27(33)30(14-15-34-2)17-26(32)31-13-11-25-21(12-16-36-25)23(31)18-35-24-6-4-3-5-22(24)28/h3-10,12,16,23H,11,13-15,17-18H2,1-2H3,(H,29,33)/t23-/m0/s1. The van der Waals surface area contributed by atoms with Crippen LogP contribution in [0.25, 0.3) is 0 Å². The molecule has 1 aliphatic rings. The number of amides is 3. The van der Waals surface area contributed by atoms with Crippen molar-refractivity contribution in [3.63, 3.8) is 0 Å². The Balaban J connectivity index is 1.49. The summed E-state index contributed by atoms with van der Waals surface area (Å²) >= 11 is 1.64. The Labute approximate surface area is 214 Å². The van der Waals surface area contributed by atoms with Gasteiger partial charge in [-0.1, -0.05) is 29.8 Å². The minimum absolute atomic E-state index is 0.114. The van der Waals surface area contributed by atoms with Crippen molar-refractivity contribution in [2.24, 2.45) is 0 Å². The van der Waals surface area contributed by atoms with E-state index in [9.17, 15) is 14.0 Å². The van der Waals surface area contributed by atoms with Gasteiger partial charge in [-0.25, -0.2) is 9.18 Å². The van der Waals surface area contributed by atoms with E-state index in [0.29, 0.717) is 18.8 Å². The lowest BCUT2D eigenvalue weighted by atomic mass is 10.0. The highest BCUT2D eigenvalue weighted by Crippen LogP contribution is 2.34. The Bertz CT molecular complexity index is 1180. The van der Waals surface area contributed by atoms with Crippen molar-refractivity contribution in [2.75, 3.05) is 45.3 Å². The second kappa shape index (κ2) is 12.0. The fourth-order valence-corrected chi connectivity index (χ4v) is 5.08. The number of aryl methyl sites for hydroxylation is 1. The summed E-state index contributed by atoms with van der Waals surface area (Å²) in [5.74, 6) is -0.508. The number of anilines is 1. The van der Waals surface area contributed by atoms with Crippen LogP contribution in [0.5, 0.6) is 5.75 Å². The maximum Gasteiger partial charge on any atom is 0.322 e. The third kappa shape index (κ3) is 6.22. The monoisotopic (exact) mass is 511 g/mol. The minimum atomic E-state index is -0.449. The number of methoxy groups -OCH3 is 1. The number of urea groups is 1. The predicted octanol–water partition coefficient (Wildman–Crippen LogP) is 4.88. The predicted molar refractivity (Wildman–Crippen MR) is 138 cm³/mol. The zero-order valence-corrected chi connectivity index (χ0v) is 21.2. The molecule has 2 aromatic carbocycles. The van der Waals surface area contributed by atoms with E-state index in [0.717, 1.165) is 17.5 Å². The molecule has 1 aromatic heterocycles. The van der Waals surface area contributed by atoms with Crippen molar-refractivity contribution in [3.8, 4) is 5.75 Å². The van der Waals surface area contributed by atoms with Crippen LogP contribution in [-0.4, -0.2) is 61.7 Å². The summed E-state index contributed by atoms with van der Waals surface area (Å²) in [4.78, 5) is 30.9. The smallest absolute Gasteiger partial charge is 0.322 e. The van der Waals surface area contributed by atoms with Gasteiger partial charge in [0.05, 0.1) is 12.6 Å². The van der Waals surface area contributed by atoms with E-state index >= 15 is 0 Å². The maximum absolute atomic E-state index is 14.1. The molecule has 36 heavy (non-hydrogen) atoms. The number of carbonyl (C=O) groups is 2. The molecule has 0 unspecified atom stereocenters. The van der Waals surface area contributed by atoms with Gasteiger partial charge in [-0.05, 0) is 54.6 Å². The first-order valence-corrected chi connectivity index (χ1v) is 12.7. The summed E-state index contributed by atoms with van der Waals surface area (Å²) in [5.41, 5.74) is 2.74. The number of ether oxygens (including phenoxy) is 2. The van der Waals surface area contributed by atoms with Crippen molar-refractivity contribution in [1.29, 1.82) is 0 Å². The summed E-state index contributed by atoms with van der Waals surface area (Å²) < 4.78 is 25.1.